The summed E-state index contributed by atoms with van der Waals surface area (Å²) >= 11 is 0. The van der Waals surface area contributed by atoms with Crippen LogP contribution in [0.25, 0.3) is 0 Å². The number of carbonyl (C=O) groups excluding carboxylic acids is 1. The van der Waals surface area contributed by atoms with Crippen molar-refractivity contribution in [2.24, 2.45) is 0 Å². The average Bonchev–Trinajstić information content (AvgIpc) is 2.39. The van der Waals surface area contributed by atoms with Gasteiger partial charge in [0, 0.05) is 13.0 Å². The molecule has 1 saturated heterocycles. The van der Waals surface area contributed by atoms with Crippen LogP contribution in [-0.2, 0) is 14.3 Å². The maximum Gasteiger partial charge on any atom is 0.184 e. The SMILES string of the molecule is CCO[C@@H]1C[C@H]2O[C@H]1C=CC2=O. The number of hydrogen-bond acceptors (Lipinski definition) is 3. The van der Waals surface area contributed by atoms with Crippen molar-refractivity contribution in [2.75, 3.05) is 6.61 Å². The van der Waals surface area contributed by atoms with Crippen molar-refractivity contribution < 1.29 is 14.3 Å². The van der Waals surface area contributed by atoms with Crippen molar-refractivity contribution in [3.05, 3.63) is 12.2 Å². The molecule has 0 aromatic carbocycles. The topological polar surface area (TPSA) is 35.5 Å². The lowest BCUT2D eigenvalue weighted by Crippen LogP contribution is -2.25. The number of carbonyl (C=O) groups is 1. The second-order valence-electron chi connectivity index (χ2n) is 3.08. The minimum atomic E-state index is -0.239. The number of fused-ring (bicyclic) bond motifs is 2. The summed E-state index contributed by atoms with van der Waals surface area (Å²) in [5.41, 5.74) is 0. The molecule has 2 aliphatic rings. The third kappa shape index (κ3) is 1.19. The number of ether oxygens (including phenoxy) is 2. The van der Waals surface area contributed by atoms with Gasteiger partial charge in [-0.1, -0.05) is 0 Å². The van der Waals surface area contributed by atoms with Gasteiger partial charge in [-0.25, -0.2) is 0 Å². The van der Waals surface area contributed by atoms with Gasteiger partial charge in [0.05, 0.1) is 6.10 Å². The molecule has 0 aromatic heterocycles. The molecule has 0 N–H and O–H groups in total. The van der Waals surface area contributed by atoms with Gasteiger partial charge in [-0.05, 0) is 19.1 Å². The highest BCUT2D eigenvalue weighted by Gasteiger charge is 2.39. The van der Waals surface area contributed by atoms with Crippen LogP contribution < -0.4 is 0 Å². The van der Waals surface area contributed by atoms with Gasteiger partial charge in [0.15, 0.2) is 5.78 Å². The van der Waals surface area contributed by atoms with E-state index in [9.17, 15) is 4.79 Å². The molecule has 0 radical (unpaired) electrons. The molecule has 12 heavy (non-hydrogen) atoms. The maximum absolute atomic E-state index is 11.1. The first-order valence-corrected chi connectivity index (χ1v) is 4.30. The predicted octanol–water partition coefficient (Wildman–Crippen LogP) is 0.688. The summed E-state index contributed by atoms with van der Waals surface area (Å²) in [6.45, 7) is 2.63. The van der Waals surface area contributed by atoms with Crippen molar-refractivity contribution >= 4 is 5.78 Å². The average molecular weight is 168 g/mol. The summed E-state index contributed by atoms with van der Waals surface area (Å²) in [5.74, 6) is 0.0773. The number of hydrogen-bond donors (Lipinski definition) is 0. The Morgan fingerprint density at radius 1 is 1.75 bits per heavy atom. The molecule has 3 nitrogen and oxygen atoms in total. The number of ketones is 1. The summed E-state index contributed by atoms with van der Waals surface area (Å²) in [5, 5.41) is 0. The summed E-state index contributed by atoms with van der Waals surface area (Å²) in [4.78, 5) is 11.1. The number of rotatable bonds is 2. The quantitative estimate of drug-likeness (QED) is 0.608. The summed E-state index contributed by atoms with van der Waals surface area (Å²) < 4.78 is 10.8. The molecule has 0 unspecified atom stereocenters. The minimum Gasteiger partial charge on any atom is -0.375 e. The third-order valence-electron chi connectivity index (χ3n) is 2.28. The monoisotopic (exact) mass is 168 g/mol. The van der Waals surface area contributed by atoms with Crippen LogP contribution in [-0.4, -0.2) is 30.7 Å². The lowest BCUT2D eigenvalue weighted by molar-refractivity contribution is -0.125. The molecule has 2 bridgehead atoms. The molecule has 3 atom stereocenters. The van der Waals surface area contributed by atoms with Crippen molar-refractivity contribution in [1.29, 1.82) is 0 Å². The molecular weight excluding hydrogens is 156 g/mol. The van der Waals surface area contributed by atoms with Gasteiger partial charge < -0.3 is 9.47 Å². The standard InChI is InChI=1S/C9H12O3/c1-2-11-9-5-8-6(10)3-4-7(9)12-8/h3-4,7-9H,2,5H2,1H3/t7-,8+,9+/m0/s1. The smallest absolute Gasteiger partial charge is 0.184 e. The van der Waals surface area contributed by atoms with Crippen molar-refractivity contribution in [3.8, 4) is 0 Å². The summed E-state index contributed by atoms with van der Waals surface area (Å²) in [6.07, 6.45) is 3.97. The van der Waals surface area contributed by atoms with Gasteiger partial charge >= 0.3 is 0 Å². The van der Waals surface area contributed by atoms with Crippen LogP contribution in [0.2, 0.25) is 0 Å². The lowest BCUT2D eigenvalue weighted by Gasteiger charge is -2.15. The van der Waals surface area contributed by atoms with E-state index >= 15 is 0 Å². The van der Waals surface area contributed by atoms with E-state index < -0.39 is 0 Å². The first kappa shape index (κ1) is 7.95. The molecule has 0 aromatic rings. The van der Waals surface area contributed by atoms with Crippen LogP contribution in [0.3, 0.4) is 0 Å². The van der Waals surface area contributed by atoms with Crippen LogP contribution in [0.15, 0.2) is 12.2 Å². The molecule has 1 fully saturated rings. The van der Waals surface area contributed by atoms with Gasteiger partial charge in [0.1, 0.15) is 12.2 Å². The van der Waals surface area contributed by atoms with E-state index in [0.29, 0.717) is 13.0 Å². The zero-order valence-electron chi connectivity index (χ0n) is 7.03. The van der Waals surface area contributed by atoms with Crippen molar-refractivity contribution in [3.63, 3.8) is 0 Å². The zero-order valence-corrected chi connectivity index (χ0v) is 7.03. The lowest BCUT2D eigenvalue weighted by atomic mass is 10.1. The minimum absolute atomic E-state index is 0.00708. The van der Waals surface area contributed by atoms with Crippen LogP contribution in [0.4, 0.5) is 0 Å². The molecule has 66 valence electrons. The molecular formula is C9H12O3. The van der Waals surface area contributed by atoms with Crippen molar-refractivity contribution in [2.45, 2.75) is 31.7 Å². The van der Waals surface area contributed by atoms with Crippen LogP contribution >= 0.6 is 0 Å². The molecule has 2 aliphatic heterocycles. The molecule has 3 heteroatoms. The fourth-order valence-corrected chi connectivity index (χ4v) is 1.70. The van der Waals surface area contributed by atoms with E-state index in [2.05, 4.69) is 0 Å². The fraction of sp³-hybridized carbons (Fsp3) is 0.667. The summed E-state index contributed by atoms with van der Waals surface area (Å²) in [7, 11) is 0. The van der Waals surface area contributed by atoms with E-state index in [0.717, 1.165) is 0 Å². The second-order valence-corrected chi connectivity index (χ2v) is 3.08. The summed E-state index contributed by atoms with van der Waals surface area (Å²) in [6, 6.07) is 0. The fourth-order valence-electron chi connectivity index (χ4n) is 1.70. The largest absolute Gasteiger partial charge is 0.375 e. The highest BCUT2D eigenvalue weighted by Crippen LogP contribution is 2.28. The van der Waals surface area contributed by atoms with E-state index in [-0.39, 0.29) is 24.1 Å². The first-order chi connectivity index (χ1) is 5.81. The Labute approximate surface area is 71.3 Å². The Bertz CT molecular complexity index is 222. The molecule has 0 saturated carbocycles. The van der Waals surface area contributed by atoms with Crippen LogP contribution in [0, 0.1) is 0 Å². The van der Waals surface area contributed by atoms with Crippen LogP contribution in [0.5, 0.6) is 0 Å². The molecule has 0 aliphatic carbocycles. The predicted molar refractivity (Wildman–Crippen MR) is 42.8 cm³/mol. The Morgan fingerprint density at radius 2 is 2.58 bits per heavy atom. The van der Waals surface area contributed by atoms with E-state index in [1.54, 1.807) is 12.2 Å². The molecule has 2 heterocycles. The van der Waals surface area contributed by atoms with Gasteiger partial charge in [-0.3, -0.25) is 4.79 Å². The molecule has 0 spiro atoms. The Balaban J connectivity index is 2.07. The first-order valence-electron chi connectivity index (χ1n) is 4.30. The van der Waals surface area contributed by atoms with Gasteiger partial charge in [0.2, 0.25) is 0 Å². The zero-order chi connectivity index (χ0) is 8.55. The highest BCUT2D eigenvalue weighted by molar-refractivity contribution is 5.94. The van der Waals surface area contributed by atoms with Gasteiger partial charge in [-0.15, -0.1) is 0 Å². The Kier molecular flexibility index (Phi) is 1.98. The van der Waals surface area contributed by atoms with Crippen molar-refractivity contribution in [1.82, 2.24) is 0 Å². The van der Waals surface area contributed by atoms with Gasteiger partial charge in [-0.2, -0.15) is 0 Å². The highest BCUT2D eigenvalue weighted by atomic mass is 16.6. The second kappa shape index (κ2) is 2.99. The maximum atomic E-state index is 11.1. The normalized spacial score (nSPS) is 39.1. The van der Waals surface area contributed by atoms with E-state index in [1.165, 1.54) is 0 Å². The Morgan fingerprint density at radius 3 is 3.25 bits per heavy atom. The molecule has 2 rings (SSSR count). The van der Waals surface area contributed by atoms with Crippen LogP contribution in [0.1, 0.15) is 13.3 Å². The van der Waals surface area contributed by atoms with E-state index in [4.69, 9.17) is 9.47 Å². The van der Waals surface area contributed by atoms with Gasteiger partial charge in [0.25, 0.3) is 0 Å². The Hall–Kier alpha value is -0.670. The van der Waals surface area contributed by atoms with E-state index in [1.807, 2.05) is 6.92 Å². The molecule has 0 amide bonds. The third-order valence-corrected chi connectivity index (χ3v) is 2.28.